The van der Waals surface area contributed by atoms with E-state index in [1.807, 2.05) is 18.2 Å². The number of aliphatic hydroxyl groups excluding tert-OH is 1. The molecule has 3 aromatic rings. The summed E-state index contributed by atoms with van der Waals surface area (Å²) in [6.45, 7) is 13.0. The van der Waals surface area contributed by atoms with Gasteiger partial charge in [-0.05, 0) is 81.8 Å². The monoisotopic (exact) mass is 651 g/mol. The summed E-state index contributed by atoms with van der Waals surface area (Å²) in [7, 11) is 0. The molecule has 1 saturated carbocycles. The average Bonchev–Trinajstić information content (AvgIpc) is 3.54. The molecule has 46 heavy (non-hydrogen) atoms. The van der Waals surface area contributed by atoms with Crippen molar-refractivity contribution in [1.82, 2.24) is 25.1 Å². The number of hydrogen-bond acceptors (Lipinski definition) is 10. The Morgan fingerprint density at radius 2 is 1.91 bits per heavy atom. The zero-order valence-corrected chi connectivity index (χ0v) is 28.3. The standard InChI is InChI=1S/C34H47N7O4.H2S/c1-34(2,3)41-13-11-40(12-14-41)32-17-26(16-31(38-32)37-27-5-4-6-27)33(43)36-18-28(42)21-39-10-9-24-15-29(8-7-25(24)20-39)44-22-30-19-35-23-45-30;/h7-8,15-17,19,23,27-28,42H,4-6,9-14,18,20-22H2,1-3H3,(H,36,43)(H,37,38);1H2/t28-;/m0./s1. The van der Waals surface area contributed by atoms with E-state index in [4.69, 9.17) is 14.1 Å². The van der Waals surface area contributed by atoms with E-state index in [-0.39, 0.29) is 31.5 Å². The van der Waals surface area contributed by atoms with Gasteiger partial charge in [0.25, 0.3) is 5.91 Å². The highest BCUT2D eigenvalue weighted by Crippen LogP contribution is 2.27. The molecule has 6 rings (SSSR count). The van der Waals surface area contributed by atoms with Crippen molar-refractivity contribution < 1.29 is 19.1 Å². The highest BCUT2D eigenvalue weighted by atomic mass is 32.1. The summed E-state index contributed by atoms with van der Waals surface area (Å²) in [5.74, 6) is 2.88. The minimum absolute atomic E-state index is 0. The van der Waals surface area contributed by atoms with E-state index >= 15 is 0 Å². The molecule has 1 aromatic carbocycles. The van der Waals surface area contributed by atoms with Crippen molar-refractivity contribution >= 4 is 31.0 Å². The largest absolute Gasteiger partial charge is 0.486 e. The number of rotatable bonds is 11. The molecule has 3 N–H and O–H groups in total. The molecule has 0 spiro atoms. The number of nitrogens with zero attached hydrogens (tertiary/aromatic N) is 5. The molecule has 2 fully saturated rings. The SMILES string of the molecule is CC(C)(C)N1CCN(c2cc(C(=O)NC[C@H](O)CN3CCc4cc(OCc5cnco5)ccc4C3)cc(NC3CCC3)n2)CC1.S. The number of fused-ring (bicyclic) bond motifs is 1. The van der Waals surface area contributed by atoms with Crippen LogP contribution in [0.25, 0.3) is 0 Å². The van der Waals surface area contributed by atoms with Crippen molar-refractivity contribution in [2.24, 2.45) is 0 Å². The first-order chi connectivity index (χ1) is 21.7. The van der Waals surface area contributed by atoms with Gasteiger partial charge in [-0.25, -0.2) is 9.97 Å². The number of carbonyl (C=O) groups is 1. The van der Waals surface area contributed by atoms with Crippen LogP contribution in [0.3, 0.4) is 0 Å². The van der Waals surface area contributed by atoms with Gasteiger partial charge in [-0.15, -0.1) is 0 Å². The van der Waals surface area contributed by atoms with Crippen LogP contribution >= 0.6 is 13.5 Å². The van der Waals surface area contributed by atoms with Crippen LogP contribution in [-0.4, -0.2) is 94.3 Å². The van der Waals surface area contributed by atoms with Crippen molar-refractivity contribution in [2.75, 3.05) is 56.0 Å². The van der Waals surface area contributed by atoms with Gasteiger partial charge in [0, 0.05) is 69.5 Å². The van der Waals surface area contributed by atoms with Crippen LogP contribution in [0.4, 0.5) is 11.6 Å². The van der Waals surface area contributed by atoms with Crippen LogP contribution < -0.4 is 20.3 Å². The molecule has 0 unspecified atom stereocenters. The van der Waals surface area contributed by atoms with Gasteiger partial charge < -0.3 is 29.8 Å². The fourth-order valence-electron chi connectivity index (χ4n) is 6.23. The number of hydrogen-bond donors (Lipinski definition) is 3. The van der Waals surface area contributed by atoms with E-state index in [2.05, 4.69) is 63.2 Å². The number of piperazine rings is 1. The molecule has 4 heterocycles. The van der Waals surface area contributed by atoms with Crippen molar-refractivity contribution in [2.45, 2.75) is 77.3 Å². The second-order valence-corrected chi connectivity index (χ2v) is 13.6. The molecule has 1 atom stereocenters. The Balaban J connectivity index is 0.00000417. The van der Waals surface area contributed by atoms with Gasteiger partial charge in [-0.2, -0.15) is 13.5 Å². The fourth-order valence-corrected chi connectivity index (χ4v) is 6.23. The van der Waals surface area contributed by atoms with Crippen LogP contribution in [0.5, 0.6) is 5.75 Å². The molecule has 1 amide bonds. The summed E-state index contributed by atoms with van der Waals surface area (Å²) in [5.41, 5.74) is 3.18. The number of β-amino-alcohol motifs (C(OH)–C–C–N with tert-alkyl or cyclic N) is 1. The molecule has 1 aliphatic carbocycles. The molecule has 0 radical (unpaired) electrons. The van der Waals surface area contributed by atoms with Crippen molar-refractivity contribution in [3.63, 3.8) is 0 Å². The lowest BCUT2D eigenvalue weighted by molar-refractivity contribution is 0.0841. The highest BCUT2D eigenvalue weighted by molar-refractivity contribution is 7.59. The Hall–Kier alpha value is -3.32. The Kier molecular flexibility index (Phi) is 11.1. The first-order valence-electron chi connectivity index (χ1n) is 16.3. The topological polar surface area (TPSA) is 119 Å². The number of benzene rings is 1. The first-order valence-corrected chi connectivity index (χ1v) is 16.3. The summed E-state index contributed by atoms with van der Waals surface area (Å²) < 4.78 is 11.1. The maximum Gasteiger partial charge on any atom is 0.251 e. The summed E-state index contributed by atoms with van der Waals surface area (Å²) >= 11 is 0. The van der Waals surface area contributed by atoms with Gasteiger partial charge in [-0.1, -0.05) is 6.07 Å². The van der Waals surface area contributed by atoms with Gasteiger partial charge >= 0.3 is 0 Å². The molecule has 0 bridgehead atoms. The maximum absolute atomic E-state index is 13.4. The first kappa shape index (κ1) is 34.0. The molecule has 1 saturated heterocycles. The molecule has 11 nitrogen and oxygen atoms in total. The summed E-state index contributed by atoms with van der Waals surface area (Å²) in [6.07, 6.45) is 6.72. The highest BCUT2D eigenvalue weighted by Gasteiger charge is 2.28. The van der Waals surface area contributed by atoms with Crippen molar-refractivity contribution in [3.8, 4) is 5.75 Å². The quantitative estimate of drug-likeness (QED) is 0.283. The van der Waals surface area contributed by atoms with Gasteiger partial charge in [0.1, 0.15) is 24.0 Å². The predicted octanol–water partition coefficient (Wildman–Crippen LogP) is 3.80. The molecule has 250 valence electrons. The lowest BCUT2D eigenvalue weighted by Crippen LogP contribution is -2.53. The van der Waals surface area contributed by atoms with Crippen LogP contribution in [0.1, 0.15) is 67.3 Å². The van der Waals surface area contributed by atoms with E-state index in [1.165, 1.54) is 23.9 Å². The number of aliphatic hydroxyl groups is 1. The Morgan fingerprint density at radius 1 is 1.11 bits per heavy atom. The second-order valence-electron chi connectivity index (χ2n) is 13.6. The number of pyridine rings is 1. The fraction of sp³-hybridized carbons (Fsp3) is 0.559. The number of aromatic nitrogens is 2. The third kappa shape index (κ3) is 8.72. The number of nitrogens with one attached hydrogen (secondary N) is 2. The number of carbonyl (C=O) groups excluding carboxylic acids is 1. The summed E-state index contributed by atoms with van der Waals surface area (Å²) in [6, 6.07) is 10.3. The normalized spacial score (nSPS) is 18.2. The van der Waals surface area contributed by atoms with E-state index in [1.54, 1.807) is 6.20 Å². The van der Waals surface area contributed by atoms with E-state index in [0.717, 1.165) is 75.9 Å². The van der Waals surface area contributed by atoms with Gasteiger partial charge in [0.2, 0.25) is 0 Å². The van der Waals surface area contributed by atoms with Crippen LogP contribution in [-0.2, 0) is 19.6 Å². The van der Waals surface area contributed by atoms with Gasteiger partial charge in [0.05, 0.1) is 12.3 Å². The van der Waals surface area contributed by atoms with E-state index in [9.17, 15) is 9.90 Å². The lowest BCUT2D eigenvalue weighted by Gasteiger charge is -2.42. The summed E-state index contributed by atoms with van der Waals surface area (Å²) in [4.78, 5) is 29.2. The molecule has 3 aliphatic rings. The second kappa shape index (κ2) is 15.1. The maximum atomic E-state index is 13.4. The van der Waals surface area contributed by atoms with Gasteiger partial charge in [0.15, 0.2) is 12.2 Å². The zero-order valence-electron chi connectivity index (χ0n) is 27.3. The van der Waals surface area contributed by atoms with Crippen molar-refractivity contribution in [1.29, 1.82) is 0 Å². The number of ether oxygens (including phenoxy) is 1. The average molecular weight is 652 g/mol. The minimum Gasteiger partial charge on any atom is -0.486 e. The number of amides is 1. The van der Waals surface area contributed by atoms with Crippen LogP contribution in [0, 0.1) is 0 Å². The smallest absolute Gasteiger partial charge is 0.251 e. The molecule has 2 aliphatic heterocycles. The van der Waals surface area contributed by atoms with E-state index < -0.39 is 6.10 Å². The third-order valence-corrected chi connectivity index (χ3v) is 9.18. The lowest BCUT2D eigenvalue weighted by atomic mass is 9.93. The van der Waals surface area contributed by atoms with Crippen LogP contribution in [0.15, 0.2) is 47.3 Å². The Morgan fingerprint density at radius 3 is 2.61 bits per heavy atom. The molecular weight excluding hydrogens is 602 g/mol. The third-order valence-electron chi connectivity index (χ3n) is 9.18. The molecule has 12 heteroatoms. The summed E-state index contributed by atoms with van der Waals surface area (Å²) in [5, 5.41) is 17.4. The van der Waals surface area contributed by atoms with Gasteiger partial charge in [-0.3, -0.25) is 14.6 Å². The van der Waals surface area contributed by atoms with Crippen molar-refractivity contribution in [3.05, 3.63) is 65.4 Å². The zero-order chi connectivity index (χ0) is 31.4. The Labute approximate surface area is 279 Å². The molecule has 2 aromatic heterocycles. The number of anilines is 2. The van der Waals surface area contributed by atoms with E-state index in [0.29, 0.717) is 30.5 Å². The Bertz CT molecular complexity index is 1440. The molecular formula is C34H49N7O4S. The predicted molar refractivity (Wildman–Crippen MR) is 184 cm³/mol. The van der Waals surface area contributed by atoms with Crippen LogP contribution in [0.2, 0.25) is 0 Å². The number of oxazole rings is 1. The minimum atomic E-state index is -0.681.